The van der Waals surface area contributed by atoms with Crippen LogP contribution in [0.4, 0.5) is 8.78 Å². The molecule has 100 valence electrons. The van der Waals surface area contributed by atoms with Crippen molar-refractivity contribution in [1.29, 1.82) is 0 Å². The Labute approximate surface area is 104 Å². The first-order valence-corrected chi connectivity index (χ1v) is 5.84. The van der Waals surface area contributed by atoms with E-state index in [0.717, 1.165) is 25.0 Å². The molecule has 0 aliphatic carbocycles. The lowest BCUT2D eigenvalue weighted by molar-refractivity contribution is 0.0695. The number of hydrogen-bond acceptors (Lipinski definition) is 2. The van der Waals surface area contributed by atoms with Crippen molar-refractivity contribution < 1.29 is 23.4 Å². The van der Waals surface area contributed by atoms with Crippen molar-refractivity contribution in [3.63, 3.8) is 0 Å². The van der Waals surface area contributed by atoms with Crippen molar-refractivity contribution in [2.45, 2.75) is 26.7 Å². The molecular weight excluding hydrogens is 242 g/mol. The Morgan fingerprint density at radius 1 is 1.28 bits per heavy atom. The highest BCUT2D eigenvalue weighted by atomic mass is 19.1. The van der Waals surface area contributed by atoms with E-state index in [1.165, 1.54) is 0 Å². The summed E-state index contributed by atoms with van der Waals surface area (Å²) in [5.41, 5.74) is -0.431. The molecule has 18 heavy (non-hydrogen) atoms. The Morgan fingerprint density at radius 2 is 1.78 bits per heavy atom. The Morgan fingerprint density at radius 3 is 2.17 bits per heavy atom. The molecule has 0 spiro atoms. The van der Waals surface area contributed by atoms with Crippen molar-refractivity contribution in [2.24, 2.45) is 5.92 Å². The molecule has 1 rings (SSSR count). The van der Waals surface area contributed by atoms with Gasteiger partial charge in [-0.1, -0.05) is 26.7 Å². The third kappa shape index (κ3) is 3.42. The third-order valence-electron chi connectivity index (χ3n) is 2.86. The highest BCUT2D eigenvalue weighted by molar-refractivity contribution is 5.87. The third-order valence-corrected chi connectivity index (χ3v) is 2.86. The smallest absolute Gasteiger partial charge is 0.335 e. The Balaban J connectivity index is 2.87. The van der Waals surface area contributed by atoms with E-state index in [2.05, 4.69) is 0 Å². The molecule has 1 N–H and O–H groups in total. The molecule has 0 atom stereocenters. The maximum absolute atomic E-state index is 13.5. The van der Waals surface area contributed by atoms with Gasteiger partial charge in [-0.25, -0.2) is 13.6 Å². The van der Waals surface area contributed by atoms with Crippen molar-refractivity contribution in [2.75, 3.05) is 6.61 Å². The van der Waals surface area contributed by atoms with Crippen LogP contribution in [0.15, 0.2) is 12.1 Å². The summed E-state index contributed by atoms with van der Waals surface area (Å²) in [5.74, 6) is -3.63. The monoisotopic (exact) mass is 258 g/mol. The van der Waals surface area contributed by atoms with Gasteiger partial charge in [0.05, 0.1) is 12.2 Å². The molecular formula is C13H16F2O3. The molecule has 0 bridgehead atoms. The Bertz CT molecular complexity index is 405. The summed E-state index contributed by atoms with van der Waals surface area (Å²) in [5, 5.41) is 8.64. The summed E-state index contributed by atoms with van der Waals surface area (Å²) < 4.78 is 32.1. The zero-order chi connectivity index (χ0) is 13.7. The van der Waals surface area contributed by atoms with E-state index in [0.29, 0.717) is 0 Å². The Hall–Kier alpha value is -1.65. The molecule has 5 heteroatoms. The number of hydrogen-bond donors (Lipinski definition) is 1. The normalized spacial score (nSPS) is 10.7. The number of benzene rings is 1. The molecule has 0 radical (unpaired) electrons. The quantitative estimate of drug-likeness (QED) is 0.849. The minimum Gasteiger partial charge on any atom is -0.487 e. The topological polar surface area (TPSA) is 46.5 Å². The van der Waals surface area contributed by atoms with Gasteiger partial charge in [-0.05, 0) is 18.1 Å². The standard InChI is InChI=1S/C13H16F2O3/c1-3-8(4-2)7-18-12-10(14)5-9(13(16)17)6-11(12)15/h5-6,8H,3-4,7H2,1-2H3,(H,16,17). The molecule has 0 heterocycles. The van der Waals surface area contributed by atoms with Crippen LogP contribution in [-0.4, -0.2) is 17.7 Å². The Kier molecular flexibility index (Phi) is 5.07. The lowest BCUT2D eigenvalue weighted by atomic mass is 10.1. The predicted molar refractivity (Wildman–Crippen MR) is 62.9 cm³/mol. The average molecular weight is 258 g/mol. The van der Waals surface area contributed by atoms with Gasteiger partial charge in [0.15, 0.2) is 17.4 Å². The highest BCUT2D eigenvalue weighted by Gasteiger charge is 2.17. The van der Waals surface area contributed by atoms with E-state index in [4.69, 9.17) is 9.84 Å². The van der Waals surface area contributed by atoms with Crippen molar-refractivity contribution in [3.05, 3.63) is 29.3 Å². The molecule has 1 aromatic rings. The number of ether oxygens (including phenoxy) is 1. The highest BCUT2D eigenvalue weighted by Crippen LogP contribution is 2.24. The van der Waals surface area contributed by atoms with E-state index in [-0.39, 0.29) is 12.5 Å². The summed E-state index contributed by atoms with van der Waals surface area (Å²) in [6.07, 6.45) is 1.71. The molecule has 1 aromatic carbocycles. The fourth-order valence-electron chi connectivity index (χ4n) is 1.55. The van der Waals surface area contributed by atoms with Crippen LogP contribution in [0.2, 0.25) is 0 Å². The molecule has 0 saturated heterocycles. The van der Waals surface area contributed by atoms with E-state index < -0.39 is 28.9 Å². The van der Waals surface area contributed by atoms with Crippen molar-refractivity contribution >= 4 is 5.97 Å². The van der Waals surface area contributed by atoms with Gasteiger partial charge in [0.25, 0.3) is 0 Å². The first-order chi connectivity index (χ1) is 8.49. The van der Waals surface area contributed by atoms with Crippen LogP contribution < -0.4 is 4.74 Å². The number of carboxylic acids is 1. The summed E-state index contributed by atoms with van der Waals surface area (Å²) in [6.45, 7) is 4.16. The first-order valence-electron chi connectivity index (χ1n) is 5.84. The SMILES string of the molecule is CCC(CC)COc1c(F)cc(C(=O)O)cc1F. The van der Waals surface area contributed by atoms with Gasteiger partial charge in [0, 0.05) is 0 Å². The number of carboxylic acid groups (broad SMARTS) is 1. The molecule has 0 aromatic heterocycles. The molecule has 0 aliphatic heterocycles. The predicted octanol–water partition coefficient (Wildman–Crippen LogP) is 3.48. The molecule has 0 unspecified atom stereocenters. The largest absolute Gasteiger partial charge is 0.487 e. The second kappa shape index (κ2) is 6.33. The van der Waals surface area contributed by atoms with Gasteiger partial charge in [-0.3, -0.25) is 0 Å². The summed E-state index contributed by atoms with van der Waals surface area (Å²) in [4.78, 5) is 10.6. The second-order valence-electron chi connectivity index (χ2n) is 4.07. The fraction of sp³-hybridized carbons (Fsp3) is 0.462. The van der Waals surface area contributed by atoms with Crippen molar-refractivity contribution in [1.82, 2.24) is 0 Å². The minimum atomic E-state index is -1.38. The summed E-state index contributed by atoms with van der Waals surface area (Å²) in [6, 6.07) is 1.52. The lowest BCUT2D eigenvalue weighted by Gasteiger charge is -2.14. The molecule has 0 amide bonds. The molecule has 3 nitrogen and oxygen atoms in total. The van der Waals surface area contributed by atoms with Gasteiger partial charge < -0.3 is 9.84 Å². The zero-order valence-corrected chi connectivity index (χ0v) is 10.4. The van der Waals surface area contributed by atoms with E-state index in [9.17, 15) is 13.6 Å². The number of aromatic carboxylic acids is 1. The summed E-state index contributed by atoms with van der Waals surface area (Å²) >= 11 is 0. The van der Waals surface area contributed by atoms with Crippen LogP contribution in [0.1, 0.15) is 37.0 Å². The van der Waals surface area contributed by atoms with Crippen LogP contribution in [0, 0.1) is 17.6 Å². The van der Waals surface area contributed by atoms with Crippen LogP contribution in [0.25, 0.3) is 0 Å². The maximum atomic E-state index is 13.5. The first kappa shape index (κ1) is 14.4. The average Bonchev–Trinajstić information content (AvgIpc) is 2.32. The fourth-order valence-corrected chi connectivity index (χ4v) is 1.55. The number of carbonyl (C=O) groups is 1. The van der Waals surface area contributed by atoms with Gasteiger partial charge in [0.1, 0.15) is 0 Å². The number of rotatable bonds is 6. The maximum Gasteiger partial charge on any atom is 0.335 e. The van der Waals surface area contributed by atoms with Gasteiger partial charge in [-0.2, -0.15) is 0 Å². The zero-order valence-electron chi connectivity index (χ0n) is 10.4. The van der Waals surface area contributed by atoms with E-state index >= 15 is 0 Å². The lowest BCUT2D eigenvalue weighted by Crippen LogP contribution is -2.12. The minimum absolute atomic E-state index is 0.216. The van der Waals surface area contributed by atoms with Crippen LogP contribution in [0.3, 0.4) is 0 Å². The van der Waals surface area contributed by atoms with Gasteiger partial charge in [0.2, 0.25) is 0 Å². The van der Waals surface area contributed by atoms with Gasteiger partial charge in [-0.15, -0.1) is 0 Å². The van der Waals surface area contributed by atoms with Crippen LogP contribution in [0.5, 0.6) is 5.75 Å². The van der Waals surface area contributed by atoms with Crippen LogP contribution >= 0.6 is 0 Å². The second-order valence-corrected chi connectivity index (χ2v) is 4.07. The van der Waals surface area contributed by atoms with E-state index in [1.807, 2.05) is 13.8 Å². The van der Waals surface area contributed by atoms with E-state index in [1.54, 1.807) is 0 Å². The van der Waals surface area contributed by atoms with Crippen LogP contribution in [-0.2, 0) is 0 Å². The van der Waals surface area contributed by atoms with Crippen molar-refractivity contribution in [3.8, 4) is 5.75 Å². The van der Waals surface area contributed by atoms with Gasteiger partial charge >= 0.3 is 5.97 Å². The molecule has 0 fully saturated rings. The number of halogens is 2. The molecule has 0 saturated carbocycles. The summed E-state index contributed by atoms with van der Waals surface area (Å²) in [7, 11) is 0. The molecule has 0 aliphatic rings.